The molecule has 0 radical (unpaired) electrons. The standard InChI is InChI=1S/C9H13NO4/c10-4-7(13)9(14)8-5(11)2-1-3-6(8)12/h1-3,7,9,11-14H,4,10H2. The Morgan fingerprint density at radius 3 is 2.07 bits per heavy atom. The van der Waals surface area contributed by atoms with Gasteiger partial charge in [0.2, 0.25) is 0 Å². The van der Waals surface area contributed by atoms with E-state index in [9.17, 15) is 20.4 Å². The van der Waals surface area contributed by atoms with Crippen molar-refractivity contribution >= 4 is 0 Å². The van der Waals surface area contributed by atoms with E-state index in [1.54, 1.807) is 0 Å². The van der Waals surface area contributed by atoms with E-state index in [1.807, 2.05) is 0 Å². The smallest absolute Gasteiger partial charge is 0.125 e. The molecule has 0 aliphatic heterocycles. The Hall–Kier alpha value is -1.30. The summed E-state index contributed by atoms with van der Waals surface area (Å²) in [5.74, 6) is -0.546. The summed E-state index contributed by atoms with van der Waals surface area (Å²) in [6.45, 7) is -0.158. The number of benzene rings is 1. The minimum Gasteiger partial charge on any atom is -0.507 e. The molecule has 14 heavy (non-hydrogen) atoms. The van der Waals surface area contributed by atoms with Crippen LogP contribution in [0.1, 0.15) is 11.7 Å². The summed E-state index contributed by atoms with van der Waals surface area (Å²) in [7, 11) is 0. The van der Waals surface area contributed by atoms with Gasteiger partial charge in [0.25, 0.3) is 0 Å². The van der Waals surface area contributed by atoms with Crippen LogP contribution in [0, 0.1) is 0 Å². The van der Waals surface area contributed by atoms with Crippen molar-refractivity contribution < 1.29 is 20.4 Å². The lowest BCUT2D eigenvalue weighted by molar-refractivity contribution is 0.0215. The number of aromatic hydroxyl groups is 2. The fraction of sp³-hybridized carbons (Fsp3) is 0.333. The predicted molar refractivity (Wildman–Crippen MR) is 49.8 cm³/mol. The first-order valence-electron chi connectivity index (χ1n) is 4.15. The van der Waals surface area contributed by atoms with Crippen molar-refractivity contribution in [1.82, 2.24) is 0 Å². The molecule has 5 nitrogen and oxygen atoms in total. The van der Waals surface area contributed by atoms with Gasteiger partial charge in [-0.15, -0.1) is 0 Å². The van der Waals surface area contributed by atoms with Crippen LogP contribution >= 0.6 is 0 Å². The minimum absolute atomic E-state index is 0.106. The second-order valence-corrected chi connectivity index (χ2v) is 2.96. The number of aliphatic hydroxyl groups is 2. The Morgan fingerprint density at radius 1 is 1.14 bits per heavy atom. The lowest BCUT2D eigenvalue weighted by atomic mass is 10.0. The molecule has 1 aromatic rings. The van der Waals surface area contributed by atoms with Gasteiger partial charge in [0.15, 0.2) is 0 Å². The molecule has 5 heteroatoms. The van der Waals surface area contributed by atoms with E-state index in [0.717, 1.165) is 0 Å². The average molecular weight is 199 g/mol. The molecule has 6 N–H and O–H groups in total. The van der Waals surface area contributed by atoms with E-state index in [1.165, 1.54) is 18.2 Å². The van der Waals surface area contributed by atoms with Crippen LogP contribution in [0.4, 0.5) is 0 Å². The van der Waals surface area contributed by atoms with Gasteiger partial charge >= 0.3 is 0 Å². The molecule has 0 aromatic heterocycles. The molecule has 78 valence electrons. The van der Waals surface area contributed by atoms with Crippen LogP contribution in [-0.4, -0.2) is 33.1 Å². The van der Waals surface area contributed by atoms with Crippen molar-refractivity contribution in [2.75, 3.05) is 6.54 Å². The van der Waals surface area contributed by atoms with Crippen LogP contribution < -0.4 is 5.73 Å². The van der Waals surface area contributed by atoms with Crippen LogP contribution in [0.5, 0.6) is 11.5 Å². The first-order valence-corrected chi connectivity index (χ1v) is 4.15. The van der Waals surface area contributed by atoms with Crippen molar-refractivity contribution in [3.63, 3.8) is 0 Å². The summed E-state index contributed by atoms with van der Waals surface area (Å²) in [4.78, 5) is 0. The van der Waals surface area contributed by atoms with E-state index >= 15 is 0 Å². The fourth-order valence-corrected chi connectivity index (χ4v) is 1.17. The molecule has 0 bridgehead atoms. The highest BCUT2D eigenvalue weighted by Crippen LogP contribution is 2.33. The summed E-state index contributed by atoms with van der Waals surface area (Å²) in [5, 5.41) is 37.4. The van der Waals surface area contributed by atoms with Crippen LogP contribution in [0.2, 0.25) is 0 Å². The zero-order chi connectivity index (χ0) is 10.7. The largest absolute Gasteiger partial charge is 0.507 e. The van der Waals surface area contributed by atoms with Crippen LogP contribution in [0.3, 0.4) is 0 Å². The zero-order valence-corrected chi connectivity index (χ0v) is 7.46. The summed E-state index contributed by atoms with van der Waals surface area (Å²) in [5.41, 5.74) is 5.03. The van der Waals surface area contributed by atoms with Crippen molar-refractivity contribution in [3.05, 3.63) is 23.8 Å². The quantitative estimate of drug-likeness (QED) is 0.449. The molecule has 0 amide bonds. The third-order valence-electron chi connectivity index (χ3n) is 1.96. The van der Waals surface area contributed by atoms with Crippen molar-refractivity contribution in [3.8, 4) is 11.5 Å². The van der Waals surface area contributed by atoms with Gasteiger partial charge in [-0.1, -0.05) is 6.07 Å². The lowest BCUT2D eigenvalue weighted by Crippen LogP contribution is -2.27. The number of phenols is 2. The molecule has 1 rings (SSSR count). The topological polar surface area (TPSA) is 107 Å². The molecule has 0 spiro atoms. The maximum absolute atomic E-state index is 9.50. The van der Waals surface area contributed by atoms with E-state index in [-0.39, 0.29) is 23.6 Å². The van der Waals surface area contributed by atoms with Gasteiger partial charge in [0.05, 0.1) is 11.7 Å². The van der Waals surface area contributed by atoms with Gasteiger partial charge in [-0.2, -0.15) is 0 Å². The van der Waals surface area contributed by atoms with Crippen molar-refractivity contribution in [1.29, 1.82) is 0 Å². The number of nitrogens with two attached hydrogens (primary N) is 1. The highest BCUT2D eigenvalue weighted by Gasteiger charge is 2.22. The first kappa shape index (κ1) is 10.8. The fourth-order valence-electron chi connectivity index (χ4n) is 1.17. The molecule has 0 aliphatic rings. The summed E-state index contributed by atoms with van der Waals surface area (Å²) in [6.07, 6.45) is -2.60. The monoisotopic (exact) mass is 199 g/mol. The Kier molecular flexibility index (Phi) is 3.29. The zero-order valence-electron chi connectivity index (χ0n) is 7.46. The van der Waals surface area contributed by atoms with Crippen LogP contribution in [0.25, 0.3) is 0 Å². The van der Waals surface area contributed by atoms with E-state index < -0.39 is 12.2 Å². The van der Waals surface area contributed by atoms with Gasteiger partial charge < -0.3 is 26.2 Å². The van der Waals surface area contributed by atoms with E-state index in [0.29, 0.717) is 0 Å². The van der Waals surface area contributed by atoms with Gasteiger partial charge in [0, 0.05) is 6.54 Å². The molecule has 0 saturated heterocycles. The molecule has 1 aromatic carbocycles. The second kappa shape index (κ2) is 4.28. The highest BCUT2D eigenvalue weighted by atomic mass is 16.3. The lowest BCUT2D eigenvalue weighted by Gasteiger charge is -2.18. The second-order valence-electron chi connectivity index (χ2n) is 2.96. The van der Waals surface area contributed by atoms with E-state index in [4.69, 9.17) is 5.73 Å². The maximum atomic E-state index is 9.50. The number of phenolic OH excluding ortho intramolecular Hbond substituents is 2. The molecule has 2 unspecified atom stereocenters. The molecule has 0 saturated carbocycles. The first-order chi connectivity index (χ1) is 6.57. The summed E-state index contributed by atoms with van der Waals surface area (Å²) >= 11 is 0. The van der Waals surface area contributed by atoms with E-state index in [2.05, 4.69) is 0 Å². The molecule has 0 heterocycles. The van der Waals surface area contributed by atoms with Crippen LogP contribution in [0.15, 0.2) is 18.2 Å². The molecular formula is C9H13NO4. The average Bonchev–Trinajstić information content (AvgIpc) is 2.16. The van der Waals surface area contributed by atoms with Gasteiger partial charge in [-0.25, -0.2) is 0 Å². The van der Waals surface area contributed by atoms with Gasteiger partial charge in [0.1, 0.15) is 17.6 Å². The third-order valence-corrected chi connectivity index (χ3v) is 1.96. The molecule has 2 atom stereocenters. The summed E-state index contributed by atoms with van der Waals surface area (Å²) < 4.78 is 0. The Labute approximate surface area is 81.0 Å². The maximum Gasteiger partial charge on any atom is 0.125 e. The van der Waals surface area contributed by atoms with Gasteiger partial charge in [-0.3, -0.25) is 0 Å². The van der Waals surface area contributed by atoms with Crippen LogP contribution in [-0.2, 0) is 0 Å². The highest BCUT2D eigenvalue weighted by molar-refractivity contribution is 5.44. The number of hydrogen-bond donors (Lipinski definition) is 5. The Bertz CT molecular complexity index is 295. The Morgan fingerprint density at radius 2 is 1.64 bits per heavy atom. The molecular weight excluding hydrogens is 186 g/mol. The number of hydrogen-bond acceptors (Lipinski definition) is 5. The number of rotatable bonds is 3. The SMILES string of the molecule is NCC(O)C(O)c1c(O)cccc1O. The number of aliphatic hydroxyl groups excluding tert-OH is 2. The Balaban J connectivity index is 3.05. The van der Waals surface area contributed by atoms with Crippen molar-refractivity contribution in [2.45, 2.75) is 12.2 Å². The molecule has 0 fully saturated rings. The molecule has 0 aliphatic carbocycles. The summed E-state index contributed by atoms with van der Waals surface area (Å²) in [6, 6.07) is 4.04. The normalized spacial score (nSPS) is 15.1. The third kappa shape index (κ3) is 1.95. The van der Waals surface area contributed by atoms with Gasteiger partial charge in [-0.05, 0) is 12.1 Å². The predicted octanol–water partition coefficient (Wildman–Crippen LogP) is -0.549. The minimum atomic E-state index is -1.39. The van der Waals surface area contributed by atoms with Crippen molar-refractivity contribution in [2.24, 2.45) is 5.73 Å².